The summed E-state index contributed by atoms with van der Waals surface area (Å²) >= 11 is 2.31. The minimum Gasteiger partial charge on any atom is -0.308 e. The third kappa shape index (κ3) is 6.69. The van der Waals surface area contributed by atoms with Gasteiger partial charge in [0.25, 0.3) is 0 Å². The second kappa shape index (κ2) is 4.84. The first-order valence-corrected chi connectivity index (χ1v) is 4.06. The summed E-state index contributed by atoms with van der Waals surface area (Å²) in [6.07, 6.45) is 0. The van der Waals surface area contributed by atoms with Crippen molar-refractivity contribution in [3.63, 3.8) is 0 Å². The van der Waals surface area contributed by atoms with Crippen LogP contribution in [0.2, 0.25) is 0 Å². The first kappa shape index (κ1) is 7.69. The van der Waals surface area contributed by atoms with Gasteiger partial charge in [-0.15, -0.1) is 0 Å². The van der Waals surface area contributed by atoms with Crippen molar-refractivity contribution >= 4 is 22.6 Å². The Balaban J connectivity index is 2.68. The van der Waals surface area contributed by atoms with Gasteiger partial charge in [0.15, 0.2) is 0 Å². The van der Waals surface area contributed by atoms with Crippen LogP contribution in [0.4, 0.5) is 0 Å². The number of alkyl halides is 1. The summed E-state index contributed by atoms with van der Waals surface area (Å²) in [5.41, 5.74) is 0. The summed E-state index contributed by atoms with van der Waals surface area (Å²) in [5, 5.41) is 3.23. The second-order valence-electron chi connectivity index (χ2n) is 1.98. The van der Waals surface area contributed by atoms with E-state index in [1.54, 1.807) is 0 Å². The van der Waals surface area contributed by atoms with E-state index in [1.807, 2.05) is 0 Å². The third-order valence-electron chi connectivity index (χ3n) is 0.647. The summed E-state index contributed by atoms with van der Waals surface area (Å²) in [4.78, 5) is 0. The molecule has 0 fully saturated rings. The third-order valence-corrected chi connectivity index (χ3v) is 1.19. The average molecular weight is 213 g/mol. The van der Waals surface area contributed by atoms with Crippen molar-refractivity contribution in [2.45, 2.75) is 13.8 Å². The molecule has 0 saturated heterocycles. The number of halogens is 1. The van der Waals surface area contributed by atoms with Gasteiger partial charge in [0.1, 0.15) is 0 Å². The van der Waals surface area contributed by atoms with Crippen LogP contribution < -0.4 is 5.32 Å². The second-order valence-corrected chi connectivity index (χ2v) is 2.74. The van der Waals surface area contributed by atoms with Crippen molar-refractivity contribution in [3.8, 4) is 0 Å². The Kier molecular flexibility index (Phi) is 5.32. The van der Waals surface area contributed by atoms with Crippen molar-refractivity contribution in [2.75, 3.05) is 11.1 Å². The molecule has 0 bridgehead atoms. The first-order chi connectivity index (χ1) is 3.27. The van der Waals surface area contributed by atoms with Crippen molar-refractivity contribution in [3.05, 3.63) is 0 Å². The standard InChI is InChI=1S/C5H12IN/c1-5(2)3-7-4-6/h5,7H,3-4H2,1-2H3. The molecule has 44 valence electrons. The van der Waals surface area contributed by atoms with Gasteiger partial charge in [-0.1, -0.05) is 36.4 Å². The van der Waals surface area contributed by atoms with Gasteiger partial charge in [0, 0.05) is 4.55 Å². The van der Waals surface area contributed by atoms with E-state index in [9.17, 15) is 0 Å². The lowest BCUT2D eigenvalue weighted by molar-refractivity contribution is 0.592. The highest BCUT2D eigenvalue weighted by atomic mass is 127. The Morgan fingerprint density at radius 2 is 2.14 bits per heavy atom. The fourth-order valence-corrected chi connectivity index (χ4v) is 0.655. The molecule has 0 heterocycles. The topological polar surface area (TPSA) is 12.0 Å². The first-order valence-electron chi connectivity index (χ1n) is 2.54. The zero-order valence-corrected chi connectivity index (χ0v) is 7.03. The summed E-state index contributed by atoms with van der Waals surface area (Å²) in [5.74, 6) is 0.787. The molecule has 1 N–H and O–H groups in total. The van der Waals surface area contributed by atoms with E-state index in [2.05, 4.69) is 41.8 Å². The highest BCUT2D eigenvalue weighted by Gasteiger charge is 1.87. The van der Waals surface area contributed by atoms with Crippen LogP contribution in [0.15, 0.2) is 0 Å². The molecule has 0 amide bonds. The molecule has 0 aliphatic rings. The van der Waals surface area contributed by atoms with E-state index in [0.717, 1.165) is 17.0 Å². The quantitative estimate of drug-likeness (QED) is 0.426. The fourth-order valence-electron chi connectivity index (χ4n) is 0.343. The van der Waals surface area contributed by atoms with Crippen LogP contribution in [-0.4, -0.2) is 11.1 Å². The molecule has 0 unspecified atom stereocenters. The van der Waals surface area contributed by atoms with Crippen LogP contribution in [0.3, 0.4) is 0 Å². The highest BCUT2D eigenvalue weighted by Crippen LogP contribution is 1.86. The molecule has 0 aromatic heterocycles. The predicted octanol–water partition coefficient (Wildman–Crippen LogP) is 1.62. The van der Waals surface area contributed by atoms with E-state index in [0.29, 0.717) is 0 Å². The molecule has 0 spiro atoms. The van der Waals surface area contributed by atoms with Crippen molar-refractivity contribution < 1.29 is 0 Å². The molecule has 0 saturated carbocycles. The SMILES string of the molecule is CC(C)CNCI. The average Bonchev–Trinajstić information content (AvgIpc) is 1.61. The molecule has 0 aliphatic carbocycles. The van der Waals surface area contributed by atoms with E-state index < -0.39 is 0 Å². The number of hydrogen-bond donors (Lipinski definition) is 1. The van der Waals surface area contributed by atoms with Crippen LogP contribution in [0.25, 0.3) is 0 Å². The van der Waals surface area contributed by atoms with Gasteiger partial charge in [-0.25, -0.2) is 0 Å². The summed E-state index contributed by atoms with van der Waals surface area (Å²) in [6.45, 7) is 5.56. The fraction of sp³-hybridized carbons (Fsp3) is 1.00. The lowest BCUT2D eigenvalue weighted by Gasteiger charge is -2.01. The van der Waals surface area contributed by atoms with Crippen LogP contribution in [0, 0.1) is 5.92 Å². The van der Waals surface area contributed by atoms with Crippen LogP contribution in [-0.2, 0) is 0 Å². The summed E-state index contributed by atoms with van der Waals surface area (Å²) in [7, 11) is 0. The zero-order valence-electron chi connectivity index (χ0n) is 4.87. The predicted molar refractivity (Wildman–Crippen MR) is 41.7 cm³/mol. The molecular formula is C5H12IN. The smallest absolute Gasteiger partial charge is 0.0480 e. The van der Waals surface area contributed by atoms with Crippen molar-refractivity contribution in [2.24, 2.45) is 5.92 Å². The van der Waals surface area contributed by atoms with Gasteiger partial charge in [-0.2, -0.15) is 0 Å². The summed E-state index contributed by atoms with van der Waals surface area (Å²) < 4.78 is 1.07. The molecule has 0 aliphatic heterocycles. The molecule has 0 aromatic rings. The van der Waals surface area contributed by atoms with Crippen LogP contribution in [0.1, 0.15) is 13.8 Å². The monoisotopic (exact) mass is 213 g/mol. The molecule has 7 heavy (non-hydrogen) atoms. The van der Waals surface area contributed by atoms with Crippen molar-refractivity contribution in [1.82, 2.24) is 5.32 Å². The molecule has 0 rings (SSSR count). The van der Waals surface area contributed by atoms with E-state index in [-0.39, 0.29) is 0 Å². The Bertz CT molecular complexity index is 37.1. The van der Waals surface area contributed by atoms with E-state index >= 15 is 0 Å². The van der Waals surface area contributed by atoms with E-state index in [4.69, 9.17) is 0 Å². The zero-order chi connectivity index (χ0) is 5.70. The van der Waals surface area contributed by atoms with E-state index in [1.165, 1.54) is 0 Å². The maximum Gasteiger partial charge on any atom is 0.0480 e. The lowest BCUT2D eigenvalue weighted by atomic mass is 10.2. The van der Waals surface area contributed by atoms with Gasteiger partial charge in [-0.3, -0.25) is 0 Å². The Labute approximate surface area is 59.0 Å². The highest BCUT2D eigenvalue weighted by molar-refractivity contribution is 14.1. The Morgan fingerprint density at radius 1 is 1.57 bits per heavy atom. The minimum absolute atomic E-state index is 0.787. The van der Waals surface area contributed by atoms with Gasteiger partial charge in [0.2, 0.25) is 0 Å². The largest absolute Gasteiger partial charge is 0.308 e. The van der Waals surface area contributed by atoms with Gasteiger partial charge in [-0.05, 0) is 12.5 Å². The lowest BCUT2D eigenvalue weighted by Crippen LogP contribution is -2.16. The van der Waals surface area contributed by atoms with Crippen LogP contribution in [0.5, 0.6) is 0 Å². The maximum absolute atomic E-state index is 3.23. The Hall–Kier alpha value is 0.690. The van der Waals surface area contributed by atoms with Gasteiger partial charge >= 0.3 is 0 Å². The molecule has 1 nitrogen and oxygen atoms in total. The molecule has 0 atom stereocenters. The molecule has 2 heteroatoms. The van der Waals surface area contributed by atoms with Crippen LogP contribution >= 0.6 is 22.6 Å². The van der Waals surface area contributed by atoms with Gasteiger partial charge < -0.3 is 5.32 Å². The molecule has 0 aromatic carbocycles. The van der Waals surface area contributed by atoms with Crippen molar-refractivity contribution in [1.29, 1.82) is 0 Å². The Morgan fingerprint density at radius 3 is 2.29 bits per heavy atom. The van der Waals surface area contributed by atoms with Gasteiger partial charge in [0.05, 0.1) is 0 Å². The summed E-state index contributed by atoms with van der Waals surface area (Å²) in [6, 6.07) is 0. The number of nitrogens with one attached hydrogen (secondary N) is 1. The normalized spacial score (nSPS) is 10.3. The molecular weight excluding hydrogens is 201 g/mol. The number of hydrogen-bond acceptors (Lipinski definition) is 1. The maximum atomic E-state index is 3.23. The number of rotatable bonds is 3. The molecule has 0 radical (unpaired) electrons. The minimum atomic E-state index is 0.787.